The number of thiazole rings is 1. The highest BCUT2D eigenvalue weighted by atomic mass is 35.5. The van der Waals surface area contributed by atoms with Crippen molar-refractivity contribution >= 4 is 61.0 Å². The number of nitrogen functional groups attached to an aromatic ring is 1. The maximum Gasteiger partial charge on any atom is 0.281 e. The quantitative estimate of drug-likeness (QED) is 0.748. The Morgan fingerprint density at radius 2 is 1.95 bits per heavy atom. The Hall–Kier alpha value is -1.48. The standard InChI is InChI=1S/C11H8Cl2N4O2S2/c12-6-2-1-3-7(13)8(6)16-21(18,19)10-9(14)15-11-17(10)4-5-20-11/h1-5,16H,14H2. The van der Waals surface area contributed by atoms with Gasteiger partial charge in [-0.25, -0.2) is 4.98 Å². The van der Waals surface area contributed by atoms with Gasteiger partial charge in [0.25, 0.3) is 10.0 Å². The van der Waals surface area contributed by atoms with Crippen molar-refractivity contribution in [3.63, 3.8) is 0 Å². The Morgan fingerprint density at radius 3 is 2.62 bits per heavy atom. The van der Waals surface area contributed by atoms with E-state index in [1.807, 2.05) is 0 Å². The fourth-order valence-corrected chi connectivity index (χ4v) is 4.52. The number of hydrogen-bond donors (Lipinski definition) is 2. The first-order chi connectivity index (χ1) is 9.90. The van der Waals surface area contributed by atoms with Gasteiger partial charge in [0.1, 0.15) is 0 Å². The van der Waals surface area contributed by atoms with Crippen molar-refractivity contribution in [1.82, 2.24) is 9.38 Å². The van der Waals surface area contributed by atoms with Crippen LogP contribution in [0.15, 0.2) is 34.8 Å². The van der Waals surface area contributed by atoms with Gasteiger partial charge in [0.05, 0.1) is 15.7 Å². The van der Waals surface area contributed by atoms with Gasteiger partial charge in [-0.05, 0) is 12.1 Å². The van der Waals surface area contributed by atoms with E-state index in [4.69, 9.17) is 28.9 Å². The molecule has 2 aromatic heterocycles. The summed E-state index contributed by atoms with van der Waals surface area (Å²) in [7, 11) is -3.98. The Morgan fingerprint density at radius 1 is 1.29 bits per heavy atom. The van der Waals surface area contributed by atoms with Crippen LogP contribution in [0.4, 0.5) is 11.5 Å². The van der Waals surface area contributed by atoms with Gasteiger partial charge in [-0.15, -0.1) is 11.3 Å². The lowest BCUT2D eigenvalue weighted by atomic mass is 10.3. The normalized spacial score (nSPS) is 11.9. The highest BCUT2D eigenvalue weighted by Crippen LogP contribution is 2.33. The molecule has 110 valence electrons. The molecule has 3 aromatic rings. The summed E-state index contributed by atoms with van der Waals surface area (Å²) in [4.78, 5) is 4.48. The van der Waals surface area contributed by atoms with Crippen LogP contribution in [0.25, 0.3) is 4.96 Å². The van der Waals surface area contributed by atoms with Gasteiger partial charge in [-0.2, -0.15) is 8.42 Å². The number of aromatic nitrogens is 2. The van der Waals surface area contributed by atoms with Gasteiger partial charge in [0, 0.05) is 11.6 Å². The van der Waals surface area contributed by atoms with Crippen LogP contribution in [0.5, 0.6) is 0 Å². The molecule has 0 atom stereocenters. The summed E-state index contributed by atoms with van der Waals surface area (Å²) in [5.74, 6) is -0.0856. The topological polar surface area (TPSA) is 89.5 Å². The van der Waals surface area contributed by atoms with Crippen LogP contribution < -0.4 is 10.5 Å². The van der Waals surface area contributed by atoms with E-state index in [0.717, 1.165) is 0 Å². The van der Waals surface area contributed by atoms with Crippen molar-refractivity contribution in [3.05, 3.63) is 39.8 Å². The number of benzene rings is 1. The maximum absolute atomic E-state index is 12.5. The smallest absolute Gasteiger partial charge is 0.281 e. The highest BCUT2D eigenvalue weighted by molar-refractivity contribution is 7.92. The van der Waals surface area contributed by atoms with Gasteiger partial charge in [-0.3, -0.25) is 9.12 Å². The fourth-order valence-electron chi connectivity index (χ4n) is 1.83. The molecule has 0 spiro atoms. The number of nitrogens with two attached hydrogens (primary N) is 1. The van der Waals surface area contributed by atoms with Gasteiger partial charge < -0.3 is 5.73 Å². The molecule has 3 N–H and O–H groups in total. The number of rotatable bonds is 3. The van der Waals surface area contributed by atoms with Crippen molar-refractivity contribution in [3.8, 4) is 0 Å². The number of fused-ring (bicyclic) bond motifs is 1. The van der Waals surface area contributed by atoms with Crippen LogP contribution in [0, 0.1) is 0 Å². The largest absolute Gasteiger partial charge is 0.381 e. The minimum Gasteiger partial charge on any atom is -0.381 e. The minimum absolute atomic E-state index is 0.0856. The number of sulfonamides is 1. The van der Waals surface area contributed by atoms with Crippen LogP contribution in [0.3, 0.4) is 0 Å². The summed E-state index contributed by atoms with van der Waals surface area (Å²) in [6, 6.07) is 4.68. The molecule has 3 rings (SSSR count). The molecular formula is C11H8Cl2N4O2S2. The van der Waals surface area contributed by atoms with E-state index < -0.39 is 10.0 Å². The zero-order chi connectivity index (χ0) is 15.2. The molecule has 2 heterocycles. The van der Waals surface area contributed by atoms with Crippen LogP contribution in [-0.4, -0.2) is 17.8 Å². The molecule has 0 unspecified atom stereocenters. The summed E-state index contributed by atoms with van der Waals surface area (Å²) in [5.41, 5.74) is 5.81. The molecule has 0 fully saturated rings. The second-order valence-electron chi connectivity index (χ2n) is 4.06. The van der Waals surface area contributed by atoms with Gasteiger partial charge >= 0.3 is 0 Å². The lowest BCUT2D eigenvalue weighted by molar-refractivity contribution is 0.597. The third kappa shape index (κ3) is 2.44. The lowest BCUT2D eigenvalue weighted by Crippen LogP contribution is -2.17. The second-order valence-corrected chi connectivity index (χ2v) is 7.35. The number of nitrogens with one attached hydrogen (secondary N) is 1. The van der Waals surface area contributed by atoms with Gasteiger partial charge in [0.2, 0.25) is 5.03 Å². The van der Waals surface area contributed by atoms with E-state index in [1.165, 1.54) is 27.9 Å². The van der Waals surface area contributed by atoms with Crippen LogP contribution in [-0.2, 0) is 10.0 Å². The number of hydrogen-bond acceptors (Lipinski definition) is 5. The third-order valence-electron chi connectivity index (χ3n) is 2.70. The molecule has 6 nitrogen and oxygen atoms in total. The summed E-state index contributed by atoms with van der Waals surface area (Å²) in [6.45, 7) is 0. The first kappa shape index (κ1) is 14.5. The molecule has 0 saturated carbocycles. The summed E-state index contributed by atoms with van der Waals surface area (Å²) in [6.07, 6.45) is 1.58. The molecule has 10 heteroatoms. The molecule has 0 aliphatic heterocycles. The lowest BCUT2D eigenvalue weighted by Gasteiger charge is -2.10. The number of para-hydroxylation sites is 1. The zero-order valence-corrected chi connectivity index (χ0v) is 13.4. The number of nitrogens with zero attached hydrogens (tertiary/aromatic N) is 2. The van der Waals surface area contributed by atoms with E-state index in [1.54, 1.807) is 17.6 Å². The molecule has 0 radical (unpaired) electrons. The SMILES string of the molecule is Nc1nc2sccn2c1S(=O)(=O)Nc1c(Cl)cccc1Cl. The Balaban J connectivity index is 2.13. The van der Waals surface area contributed by atoms with E-state index in [2.05, 4.69) is 9.71 Å². The van der Waals surface area contributed by atoms with E-state index in [-0.39, 0.29) is 26.6 Å². The van der Waals surface area contributed by atoms with E-state index in [0.29, 0.717) is 4.96 Å². The molecule has 1 aromatic carbocycles. The Kier molecular flexibility index (Phi) is 3.48. The first-order valence-corrected chi connectivity index (χ1v) is 8.70. The van der Waals surface area contributed by atoms with Crippen LogP contribution >= 0.6 is 34.5 Å². The number of halogens is 2. The van der Waals surface area contributed by atoms with Crippen LogP contribution in [0.1, 0.15) is 0 Å². The van der Waals surface area contributed by atoms with E-state index >= 15 is 0 Å². The predicted octanol–water partition coefficient (Wildman–Crippen LogP) is 3.09. The van der Waals surface area contributed by atoms with Crippen molar-refractivity contribution in [2.45, 2.75) is 5.03 Å². The molecule has 21 heavy (non-hydrogen) atoms. The monoisotopic (exact) mass is 362 g/mol. The zero-order valence-electron chi connectivity index (χ0n) is 10.2. The summed E-state index contributed by atoms with van der Waals surface area (Å²) >= 11 is 13.2. The molecule has 0 bridgehead atoms. The van der Waals surface area contributed by atoms with Crippen molar-refractivity contribution in [1.29, 1.82) is 0 Å². The molecule has 0 aliphatic carbocycles. The summed E-state index contributed by atoms with van der Waals surface area (Å²) in [5, 5.41) is 1.95. The number of anilines is 2. The minimum atomic E-state index is -3.98. The van der Waals surface area contributed by atoms with E-state index in [9.17, 15) is 8.42 Å². The van der Waals surface area contributed by atoms with Crippen molar-refractivity contribution in [2.24, 2.45) is 0 Å². The average Bonchev–Trinajstić information content (AvgIpc) is 2.93. The average molecular weight is 363 g/mol. The summed E-state index contributed by atoms with van der Waals surface area (Å²) < 4.78 is 28.8. The second kappa shape index (κ2) is 5.06. The molecule has 0 saturated heterocycles. The predicted molar refractivity (Wildman–Crippen MR) is 84.8 cm³/mol. The van der Waals surface area contributed by atoms with Crippen LogP contribution in [0.2, 0.25) is 10.0 Å². The molecular weight excluding hydrogens is 355 g/mol. The molecule has 0 aliphatic rings. The Labute approximate surface area is 134 Å². The fraction of sp³-hybridized carbons (Fsp3) is 0. The van der Waals surface area contributed by atoms with Gasteiger partial charge in [0.15, 0.2) is 10.8 Å². The van der Waals surface area contributed by atoms with Gasteiger partial charge in [-0.1, -0.05) is 29.3 Å². The van der Waals surface area contributed by atoms with Crippen molar-refractivity contribution < 1.29 is 8.42 Å². The first-order valence-electron chi connectivity index (χ1n) is 5.58. The maximum atomic E-state index is 12.5. The van der Waals surface area contributed by atoms with Crippen molar-refractivity contribution in [2.75, 3.05) is 10.5 Å². The molecule has 0 amide bonds. The number of imidazole rings is 1. The Bertz CT molecular complexity index is 913. The highest BCUT2D eigenvalue weighted by Gasteiger charge is 2.26. The third-order valence-corrected chi connectivity index (χ3v) is 5.47.